The van der Waals surface area contributed by atoms with Crippen molar-refractivity contribution in [3.05, 3.63) is 20.2 Å². The van der Waals surface area contributed by atoms with Gasteiger partial charge in [-0.2, -0.15) is 0 Å². The fourth-order valence-electron chi connectivity index (χ4n) is 3.14. The molecule has 9 heteroatoms. The van der Waals surface area contributed by atoms with Crippen LogP contribution in [0.4, 0.5) is 0 Å². The highest BCUT2D eigenvalue weighted by molar-refractivity contribution is 5.66. The second-order valence-electron chi connectivity index (χ2n) is 6.98. The standard InChI is InChI=1S/C18H34N2O7/c1-2-3-4-5-7-10-13-16(19(23)24)17(27-20(25)26)14-11-8-6-9-12-15-18(21)22/h16-17H,2-15H2,1H3,(H,21,22). The molecule has 0 aliphatic rings. The van der Waals surface area contributed by atoms with Crippen molar-refractivity contribution in [2.45, 2.75) is 109 Å². The second-order valence-corrected chi connectivity index (χ2v) is 6.98. The molecule has 0 saturated carbocycles. The van der Waals surface area contributed by atoms with Gasteiger partial charge in [-0.1, -0.05) is 64.7 Å². The Hall–Kier alpha value is -1.93. The lowest BCUT2D eigenvalue weighted by molar-refractivity contribution is -0.778. The average Bonchev–Trinajstić information content (AvgIpc) is 2.58. The van der Waals surface area contributed by atoms with E-state index in [9.17, 15) is 25.0 Å². The largest absolute Gasteiger partial charge is 0.481 e. The fourth-order valence-corrected chi connectivity index (χ4v) is 3.14. The van der Waals surface area contributed by atoms with Crippen molar-refractivity contribution < 1.29 is 24.7 Å². The third kappa shape index (κ3) is 14.9. The van der Waals surface area contributed by atoms with Gasteiger partial charge in [0.05, 0.1) is 0 Å². The van der Waals surface area contributed by atoms with Gasteiger partial charge in [-0.15, -0.1) is 10.1 Å². The number of rotatable bonds is 19. The predicted octanol–water partition coefficient (Wildman–Crippen LogP) is 4.77. The number of carboxylic acid groups (broad SMARTS) is 1. The van der Waals surface area contributed by atoms with Crippen LogP contribution >= 0.6 is 0 Å². The van der Waals surface area contributed by atoms with E-state index in [4.69, 9.17) is 5.11 Å². The minimum Gasteiger partial charge on any atom is -0.481 e. The molecule has 0 fully saturated rings. The van der Waals surface area contributed by atoms with Crippen molar-refractivity contribution in [1.29, 1.82) is 0 Å². The molecule has 9 nitrogen and oxygen atoms in total. The van der Waals surface area contributed by atoms with E-state index in [-0.39, 0.29) is 19.3 Å². The van der Waals surface area contributed by atoms with Crippen molar-refractivity contribution in [1.82, 2.24) is 0 Å². The lowest BCUT2D eigenvalue weighted by Gasteiger charge is -2.19. The topological polar surface area (TPSA) is 133 Å². The van der Waals surface area contributed by atoms with Crippen LogP contribution in [0.15, 0.2) is 0 Å². The van der Waals surface area contributed by atoms with Gasteiger partial charge in [0.2, 0.25) is 6.04 Å². The summed E-state index contributed by atoms with van der Waals surface area (Å²) >= 11 is 0. The van der Waals surface area contributed by atoms with Crippen LogP contribution in [0.3, 0.4) is 0 Å². The minimum absolute atomic E-state index is 0.134. The van der Waals surface area contributed by atoms with E-state index in [1.165, 1.54) is 0 Å². The maximum absolute atomic E-state index is 11.4. The van der Waals surface area contributed by atoms with Gasteiger partial charge in [0.1, 0.15) is 0 Å². The summed E-state index contributed by atoms with van der Waals surface area (Å²) in [6, 6.07) is -1.06. The lowest BCUT2D eigenvalue weighted by atomic mass is 9.98. The van der Waals surface area contributed by atoms with Gasteiger partial charge in [-0.05, 0) is 19.3 Å². The Balaban J connectivity index is 4.29. The summed E-state index contributed by atoms with van der Waals surface area (Å²) in [5.74, 6) is -0.821. The number of aliphatic carboxylic acids is 1. The van der Waals surface area contributed by atoms with Crippen LogP contribution < -0.4 is 0 Å². The number of carboxylic acids is 1. The first-order valence-corrected chi connectivity index (χ1v) is 10.0. The summed E-state index contributed by atoms with van der Waals surface area (Å²) in [7, 11) is 0. The molecule has 0 bridgehead atoms. The predicted molar refractivity (Wildman–Crippen MR) is 101 cm³/mol. The Kier molecular flexibility index (Phi) is 15.1. The molecule has 27 heavy (non-hydrogen) atoms. The third-order valence-corrected chi connectivity index (χ3v) is 4.65. The zero-order valence-electron chi connectivity index (χ0n) is 16.3. The van der Waals surface area contributed by atoms with Crippen molar-refractivity contribution >= 4 is 5.97 Å². The van der Waals surface area contributed by atoms with Gasteiger partial charge in [-0.3, -0.25) is 14.9 Å². The van der Waals surface area contributed by atoms with Crippen LogP contribution in [-0.4, -0.2) is 33.2 Å². The van der Waals surface area contributed by atoms with Crippen molar-refractivity contribution in [2.24, 2.45) is 0 Å². The molecule has 0 aromatic rings. The molecule has 0 rings (SSSR count). The van der Waals surface area contributed by atoms with E-state index in [0.717, 1.165) is 51.4 Å². The fraction of sp³-hybridized carbons (Fsp3) is 0.944. The quantitative estimate of drug-likeness (QED) is 0.191. The molecule has 0 heterocycles. The van der Waals surface area contributed by atoms with Gasteiger partial charge in [0.25, 0.3) is 5.09 Å². The van der Waals surface area contributed by atoms with Crippen LogP contribution in [0.25, 0.3) is 0 Å². The van der Waals surface area contributed by atoms with E-state index in [1.54, 1.807) is 0 Å². The van der Waals surface area contributed by atoms with E-state index in [2.05, 4.69) is 11.8 Å². The molecule has 2 atom stereocenters. The first-order chi connectivity index (χ1) is 12.9. The number of unbranched alkanes of at least 4 members (excludes halogenated alkanes) is 9. The van der Waals surface area contributed by atoms with E-state index in [0.29, 0.717) is 19.3 Å². The highest BCUT2D eigenvalue weighted by Gasteiger charge is 2.33. The smallest absolute Gasteiger partial charge is 0.303 e. The molecule has 2 unspecified atom stereocenters. The number of carbonyl (C=O) groups is 1. The van der Waals surface area contributed by atoms with E-state index < -0.39 is 28.1 Å². The monoisotopic (exact) mass is 390 g/mol. The van der Waals surface area contributed by atoms with Gasteiger partial charge in [0.15, 0.2) is 6.10 Å². The normalized spacial score (nSPS) is 13.1. The van der Waals surface area contributed by atoms with E-state index >= 15 is 0 Å². The summed E-state index contributed by atoms with van der Waals surface area (Å²) < 4.78 is 0. The maximum atomic E-state index is 11.4. The summed E-state index contributed by atoms with van der Waals surface area (Å²) in [6.07, 6.45) is 9.14. The molecule has 0 aliphatic carbocycles. The van der Waals surface area contributed by atoms with Crippen molar-refractivity contribution in [3.8, 4) is 0 Å². The highest BCUT2D eigenvalue weighted by Crippen LogP contribution is 2.19. The Morgan fingerprint density at radius 1 is 0.889 bits per heavy atom. The summed E-state index contributed by atoms with van der Waals surface area (Å²) in [6.45, 7) is 2.12. The molecule has 158 valence electrons. The molecular weight excluding hydrogens is 356 g/mol. The van der Waals surface area contributed by atoms with Gasteiger partial charge >= 0.3 is 5.97 Å². The number of nitro groups is 1. The summed E-state index contributed by atoms with van der Waals surface area (Å²) in [4.78, 5) is 36.7. The van der Waals surface area contributed by atoms with Crippen molar-refractivity contribution in [2.75, 3.05) is 0 Å². The van der Waals surface area contributed by atoms with E-state index in [1.807, 2.05) is 0 Å². The van der Waals surface area contributed by atoms with Gasteiger partial charge in [0, 0.05) is 17.8 Å². The van der Waals surface area contributed by atoms with Crippen LogP contribution in [0, 0.1) is 20.2 Å². The zero-order valence-corrected chi connectivity index (χ0v) is 16.3. The average molecular weight is 390 g/mol. The molecule has 0 aromatic heterocycles. The molecule has 1 N–H and O–H groups in total. The van der Waals surface area contributed by atoms with Crippen LogP contribution in [0.2, 0.25) is 0 Å². The number of hydrogen-bond donors (Lipinski definition) is 1. The molecular formula is C18H34N2O7. The Morgan fingerprint density at radius 2 is 1.41 bits per heavy atom. The Bertz CT molecular complexity index is 432. The Labute approximate surface area is 160 Å². The third-order valence-electron chi connectivity index (χ3n) is 4.65. The SMILES string of the molecule is CCCCCCCCC(C(CCCCCCCC(=O)O)O[N+](=O)[O-])[N+](=O)[O-]. The maximum Gasteiger partial charge on any atom is 0.303 e. The first kappa shape index (κ1) is 25.1. The molecule has 0 radical (unpaired) electrons. The van der Waals surface area contributed by atoms with Gasteiger partial charge in [-0.25, -0.2) is 0 Å². The molecule has 0 amide bonds. The molecule has 0 spiro atoms. The summed E-state index contributed by atoms with van der Waals surface area (Å²) in [5, 5.41) is 29.7. The van der Waals surface area contributed by atoms with Crippen molar-refractivity contribution in [3.63, 3.8) is 0 Å². The molecule has 0 aliphatic heterocycles. The van der Waals surface area contributed by atoms with Crippen LogP contribution in [0.5, 0.6) is 0 Å². The molecule has 0 saturated heterocycles. The van der Waals surface area contributed by atoms with Gasteiger partial charge < -0.3 is 9.94 Å². The zero-order chi connectivity index (χ0) is 20.5. The lowest BCUT2D eigenvalue weighted by Crippen LogP contribution is -2.37. The number of nitrogens with zero attached hydrogens (tertiary/aromatic N) is 2. The first-order valence-electron chi connectivity index (χ1n) is 10.0. The molecule has 0 aromatic carbocycles. The highest BCUT2D eigenvalue weighted by atomic mass is 17.0. The summed E-state index contributed by atoms with van der Waals surface area (Å²) in [5.41, 5.74) is 0. The second kappa shape index (κ2) is 16.3. The Morgan fingerprint density at radius 3 is 1.93 bits per heavy atom. The van der Waals surface area contributed by atoms with Crippen LogP contribution in [-0.2, 0) is 9.63 Å². The number of hydrogen-bond acceptors (Lipinski definition) is 6. The minimum atomic E-state index is -1.06. The van der Waals surface area contributed by atoms with Crippen LogP contribution in [0.1, 0.15) is 96.8 Å².